The number of nitrogens with one attached hydrogen (secondary N) is 1. The van der Waals surface area contributed by atoms with Gasteiger partial charge in [-0.15, -0.1) is 0 Å². The molecule has 5 N–H and O–H groups in total. The van der Waals surface area contributed by atoms with E-state index in [2.05, 4.69) is 5.32 Å². The SMILES string of the molecule is CNC1(C)CC(c2ccc3c(c2O)C(=O)c2c(cc(C(O)(C(=O)OC)C4CC(OC)C(O)C(C)O4)c4c(=O)cc(C5(C)OC5C)oc24)C3=O)OC(C)C1OC1CC(OC)C(O)C(C)O1. The van der Waals surface area contributed by atoms with Crippen LogP contribution < -0.4 is 10.7 Å². The van der Waals surface area contributed by atoms with Crippen LogP contribution in [-0.4, -0.2) is 139 Å². The normalized spacial score (nSPS) is 37.1. The number of aliphatic hydroxyl groups is 3. The number of ketones is 2. The van der Waals surface area contributed by atoms with Crippen LogP contribution in [-0.2, 0) is 53.9 Å². The van der Waals surface area contributed by atoms with Crippen molar-refractivity contribution in [1.29, 1.82) is 0 Å². The van der Waals surface area contributed by atoms with Crippen molar-refractivity contribution in [3.05, 3.63) is 73.6 Å². The maximum atomic E-state index is 15.1. The number of hydrogen-bond donors (Lipinski definition) is 5. The zero-order chi connectivity index (χ0) is 46.5. The van der Waals surface area contributed by atoms with E-state index in [1.54, 1.807) is 27.8 Å². The summed E-state index contributed by atoms with van der Waals surface area (Å²) < 4.78 is 53.3. The first-order valence-corrected chi connectivity index (χ1v) is 21.5. The molecule has 0 spiro atoms. The van der Waals surface area contributed by atoms with Gasteiger partial charge in [-0.1, -0.05) is 6.07 Å². The van der Waals surface area contributed by atoms with Crippen molar-refractivity contribution in [3.8, 4) is 5.75 Å². The molecule has 4 fully saturated rings. The number of epoxide rings is 1. The highest BCUT2D eigenvalue weighted by Crippen LogP contribution is 2.50. The summed E-state index contributed by atoms with van der Waals surface area (Å²) in [6.07, 6.45) is -9.37. The molecule has 1 aromatic heterocycles. The molecule has 0 bridgehead atoms. The zero-order valence-electron chi connectivity index (χ0n) is 37.5. The number of rotatable bonds is 10. The van der Waals surface area contributed by atoms with Gasteiger partial charge in [0.15, 0.2) is 23.1 Å². The van der Waals surface area contributed by atoms with Crippen molar-refractivity contribution in [2.24, 2.45) is 0 Å². The van der Waals surface area contributed by atoms with Crippen molar-refractivity contribution in [2.45, 2.75) is 151 Å². The van der Waals surface area contributed by atoms with E-state index >= 15 is 4.79 Å². The van der Waals surface area contributed by atoms with E-state index < -0.39 is 135 Å². The summed E-state index contributed by atoms with van der Waals surface area (Å²) in [5, 5.41) is 49.0. The van der Waals surface area contributed by atoms with Crippen molar-refractivity contribution in [2.75, 3.05) is 28.4 Å². The van der Waals surface area contributed by atoms with Crippen LogP contribution in [0.3, 0.4) is 0 Å². The molecule has 0 saturated carbocycles. The summed E-state index contributed by atoms with van der Waals surface area (Å²) in [5.74, 6) is -3.43. The summed E-state index contributed by atoms with van der Waals surface area (Å²) >= 11 is 0. The first kappa shape index (κ1) is 46.4. The molecule has 0 radical (unpaired) electrons. The fourth-order valence-corrected chi connectivity index (χ4v) is 10.1. The van der Waals surface area contributed by atoms with E-state index in [9.17, 15) is 34.8 Å². The molecule has 18 nitrogen and oxygen atoms in total. The topological polar surface area (TPSA) is 252 Å². The number of hydrogen-bond acceptors (Lipinski definition) is 18. The van der Waals surface area contributed by atoms with E-state index in [1.807, 2.05) is 13.8 Å². The number of carbonyl (C=O) groups is 3. The number of fused-ring (bicyclic) bond motifs is 4. The van der Waals surface area contributed by atoms with Gasteiger partial charge >= 0.3 is 5.97 Å². The third-order valence-electron chi connectivity index (χ3n) is 14.4. The van der Waals surface area contributed by atoms with Gasteiger partial charge in [0.05, 0.1) is 66.4 Å². The molecule has 0 amide bonds. The maximum absolute atomic E-state index is 15.1. The monoisotopic (exact) mass is 895 g/mol. The zero-order valence-corrected chi connectivity index (χ0v) is 37.5. The summed E-state index contributed by atoms with van der Waals surface area (Å²) in [4.78, 5) is 58.3. The number of benzene rings is 2. The Morgan fingerprint density at radius 2 is 1.50 bits per heavy atom. The number of likely N-dealkylation sites (N-methyl/N-ethyl adjacent to an activating group) is 1. The molecule has 15 unspecified atom stereocenters. The smallest absolute Gasteiger partial charge is 0.345 e. The number of esters is 1. The molecule has 18 heteroatoms. The van der Waals surface area contributed by atoms with Gasteiger partial charge in [-0.05, 0) is 67.1 Å². The molecule has 1 aliphatic carbocycles. The fourth-order valence-electron chi connectivity index (χ4n) is 10.1. The molecule has 8 rings (SSSR count). The van der Waals surface area contributed by atoms with E-state index in [0.717, 1.165) is 19.2 Å². The average Bonchev–Trinajstić information content (AvgIpc) is 3.90. The molecule has 3 aromatic rings. The fraction of sp³-hybridized carbons (Fsp3) is 0.609. The van der Waals surface area contributed by atoms with Gasteiger partial charge < -0.3 is 68.1 Å². The van der Waals surface area contributed by atoms with Crippen molar-refractivity contribution in [3.63, 3.8) is 0 Å². The number of aliphatic hydroxyl groups excluding tert-OH is 2. The molecule has 64 heavy (non-hydrogen) atoms. The first-order chi connectivity index (χ1) is 30.2. The maximum Gasteiger partial charge on any atom is 0.345 e. The van der Waals surface area contributed by atoms with Gasteiger partial charge in [-0.3, -0.25) is 14.4 Å². The van der Waals surface area contributed by atoms with Crippen LogP contribution in [0.5, 0.6) is 5.75 Å². The largest absolute Gasteiger partial charge is 0.507 e. The third-order valence-corrected chi connectivity index (χ3v) is 14.4. The van der Waals surface area contributed by atoms with Gasteiger partial charge in [-0.25, -0.2) is 4.79 Å². The second kappa shape index (κ2) is 16.6. The number of ether oxygens (including phenoxy) is 8. The Bertz CT molecular complexity index is 2440. The minimum absolute atomic E-state index is 0.0160. The molecule has 5 aliphatic rings. The molecular weight excluding hydrogens is 838 g/mol. The van der Waals surface area contributed by atoms with E-state index in [4.69, 9.17) is 42.3 Å². The molecular formula is C46H57NO17. The van der Waals surface area contributed by atoms with Crippen LogP contribution in [0.25, 0.3) is 11.0 Å². The lowest BCUT2D eigenvalue weighted by Gasteiger charge is -2.49. The lowest BCUT2D eigenvalue weighted by molar-refractivity contribution is -0.293. The Morgan fingerprint density at radius 3 is 2.11 bits per heavy atom. The molecule has 348 valence electrons. The second-order valence-corrected chi connectivity index (χ2v) is 18.1. The molecule has 5 heterocycles. The highest BCUT2D eigenvalue weighted by Gasteiger charge is 2.57. The Labute approximate surface area is 369 Å². The van der Waals surface area contributed by atoms with E-state index in [0.29, 0.717) is 0 Å². The quantitative estimate of drug-likeness (QED) is 0.113. The highest BCUT2D eigenvalue weighted by molar-refractivity contribution is 6.32. The predicted molar refractivity (Wildman–Crippen MR) is 223 cm³/mol. The average molecular weight is 896 g/mol. The van der Waals surface area contributed by atoms with Crippen LogP contribution in [0.2, 0.25) is 0 Å². The number of aromatic hydroxyl groups is 1. The lowest BCUT2D eigenvalue weighted by atomic mass is 9.75. The Kier molecular flexibility index (Phi) is 12.0. The first-order valence-electron chi connectivity index (χ1n) is 21.5. The van der Waals surface area contributed by atoms with Gasteiger partial charge in [-0.2, -0.15) is 0 Å². The summed E-state index contributed by atoms with van der Waals surface area (Å²) in [6.45, 7) is 10.4. The minimum atomic E-state index is -2.82. The Balaban J connectivity index is 1.23. The summed E-state index contributed by atoms with van der Waals surface area (Å²) in [5.41, 5.74) is -7.45. The molecule has 4 aliphatic heterocycles. The lowest BCUT2D eigenvalue weighted by Crippen LogP contribution is -2.62. The number of methoxy groups -OCH3 is 3. The van der Waals surface area contributed by atoms with Gasteiger partial charge in [0.1, 0.15) is 41.5 Å². The van der Waals surface area contributed by atoms with Gasteiger partial charge in [0, 0.05) is 60.9 Å². The van der Waals surface area contributed by atoms with Crippen LogP contribution in [0.15, 0.2) is 33.5 Å². The van der Waals surface area contributed by atoms with Crippen LogP contribution in [0.1, 0.15) is 116 Å². The van der Waals surface area contributed by atoms with Crippen molar-refractivity contribution >= 4 is 28.5 Å². The van der Waals surface area contributed by atoms with Gasteiger partial charge in [0.25, 0.3) is 0 Å². The Hall–Kier alpha value is -4.18. The summed E-state index contributed by atoms with van der Waals surface area (Å²) in [6, 6.07) is 5.13. The van der Waals surface area contributed by atoms with Gasteiger partial charge in [0.2, 0.25) is 11.4 Å². The Morgan fingerprint density at radius 1 is 0.859 bits per heavy atom. The van der Waals surface area contributed by atoms with Crippen LogP contribution >= 0.6 is 0 Å². The summed E-state index contributed by atoms with van der Waals surface area (Å²) in [7, 11) is 5.65. The predicted octanol–water partition coefficient (Wildman–Crippen LogP) is 2.55. The number of phenols is 1. The third kappa shape index (κ3) is 7.13. The standard InChI is InChI=1S/C46H57NO17/c1-18-36(49)27(56-8)15-31(60-18)46(55,43(54)58-10)25-13-24-34(41-35(25)26(48)14-30(62-41)45(6)21(4)64-45)40(53)33-23(38(24)51)12-11-22(39(33)52)29-17-44(5,47-7)42(20(3)59-29)63-32-16-28(57-9)37(50)19(2)61-32/h11-14,18-21,27-29,31-32,36-37,42,47,49-50,52,55H,15-17H2,1-10H3. The van der Waals surface area contributed by atoms with Crippen molar-refractivity contribution < 1.29 is 77.1 Å². The van der Waals surface area contributed by atoms with Crippen molar-refractivity contribution in [1.82, 2.24) is 5.32 Å². The van der Waals surface area contributed by atoms with Crippen LogP contribution in [0.4, 0.5) is 0 Å². The number of phenolic OH excluding ortho intramolecular Hbond substituents is 1. The van der Waals surface area contributed by atoms with E-state index in [1.165, 1.54) is 33.3 Å². The molecule has 2 aromatic carbocycles. The van der Waals surface area contributed by atoms with E-state index in [-0.39, 0.29) is 52.8 Å². The minimum Gasteiger partial charge on any atom is -0.507 e. The molecule has 15 atom stereocenters. The van der Waals surface area contributed by atoms with Crippen LogP contribution in [0, 0.1) is 0 Å². The number of carbonyl (C=O) groups excluding carboxylic acids is 3. The molecule has 4 saturated heterocycles. The second-order valence-electron chi connectivity index (χ2n) is 18.1. The highest BCUT2D eigenvalue weighted by atomic mass is 16.7.